The van der Waals surface area contributed by atoms with Crippen molar-refractivity contribution in [3.63, 3.8) is 0 Å². The molecular weight excluding hydrogens is 316 g/mol. The third kappa shape index (κ3) is 5.25. The molecule has 4 nitrogen and oxygen atoms in total. The Morgan fingerprint density at radius 2 is 2.09 bits per heavy atom. The minimum absolute atomic E-state index is 0.0359. The lowest BCUT2D eigenvalue weighted by atomic mass is 10.1. The average Bonchev–Trinajstić information content (AvgIpc) is 2.55. The molecule has 1 fully saturated rings. The lowest BCUT2D eigenvalue weighted by Crippen LogP contribution is -2.53. The molecule has 1 heterocycles. The second-order valence-electron chi connectivity index (χ2n) is 5.22. The van der Waals surface area contributed by atoms with Crippen molar-refractivity contribution in [1.29, 1.82) is 0 Å². The number of carbonyl (C=O) groups excluding carboxylic acids is 2. The number of nitrogens with zero attached hydrogens (tertiary/aromatic N) is 1. The van der Waals surface area contributed by atoms with Crippen LogP contribution in [-0.4, -0.2) is 52.3 Å². The van der Waals surface area contributed by atoms with E-state index in [-0.39, 0.29) is 5.91 Å². The lowest BCUT2D eigenvalue weighted by Gasteiger charge is -2.33. The molecule has 0 saturated carbocycles. The zero-order chi connectivity index (χ0) is 15.8. The Balaban J connectivity index is 1.67. The van der Waals surface area contributed by atoms with E-state index in [9.17, 15) is 9.59 Å². The molecule has 1 aliphatic rings. The summed E-state index contributed by atoms with van der Waals surface area (Å²) in [6.45, 7) is 0.627. The van der Waals surface area contributed by atoms with E-state index < -0.39 is 11.9 Å². The molecule has 6 heteroatoms. The maximum atomic E-state index is 12.2. The van der Waals surface area contributed by atoms with Crippen molar-refractivity contribution in [2.45, 2.75) is 18.9 Å². The normalized spacial score (nSPS) is 18.2. The van der Waals surface area contributed by atoms with Gasteiger partial charge in [-0.05, 0) is 24.2 Å². The highest BCUT2D eigenvalue weighted by molar-refractivity contribution is 8.00. The van der Waals surface area contributed by atoms with Crippen molar-refractivity contribution in [2.75, 3.05) is 29.6 Å². The lowest BCUT2D eigenvalue weighted by molar-refractivity contribution is -0.136. The smallest absolute Gasteiger partial charge is 0.241 e. The number of benzene rings is 1. The van der Waals surface area contributed by atoms with Gasteiger partial charge in [-0.25, -0.2) is 0 Å². The minimum Gasteiger partial charge on any atom is -0.368 e. The molecule has 0 aromatic heterocycles. The van der Waals surface area contributed by atoms with Crippen LogP contribution < -0.4 is 5.73 Å². The van der Waals surface area contributed by atoms with Crippen LogP contribution in [0.5, 0.6) is 0 Å². The molecule has 0 spiro atoms. The summed E-state index contributed by atoms with van der Waals surface area (Å²) in [4.78, 5) is 25.3. The summed E-state index contributed by atoms with van der Waals surface area (Å²) in [7, 11) is 0. The van der Waals surface area contributed by atoms with Gasteiger partial charge in [0.25, 0.3) is 0 Å². The maximum absolute atomic E-state index is 12.2. The summed E-state index contributed by atoms with van der Waals surface area (Å²) >= 11 is 3.32. The predicted molar refractivity (Wildman–Crippen MR) is 94.1 cm³/mol. The second kappa shape index (κ2) is 9.10. The summed E-state index contributed by atoms with van der Waals surface area (Å²) in [5, 5.41) is 0. The van der Waals surface area contributed by atoms with Gasteiger partial charge in [0.15, 0.2) is 0 Å². The van der Waals surface area contributed by atoms with Crippen LogP contribution in [0.1, 0.15) is 12.0 Å². The van der Waals surface area contributed by atoms with Gasteiger partial charge in [0, 0.05) is 18.1 Å². The fourth-order valence-electron chi connectivity index (χ4n) is 2.40. The largest absolute Gasteiger partial charge is 0.368 e. The molecule has 2 rings (SSSR count). The molecule has 120 valence electrons. The monoisotopic (exact) mass is 338 g/mol. The zero-order valence-corrected chi connectivity index (χ0v) is 14.2. The van der Waals surface area contributed by atoms with E-state index in [1.165, 1.54) is 5.56 Å². The standard InChI is InChI=1S/C16H22N2O2S2/c17-16(20)14-11-22-10-8-18(14)15(19)12-21-9-4-7-13-5-2-1-3-6-13/h1-3,5-6,14H,4,7-12H2,(H2,17,20)/t14-/m0/s1. The number of aryl methyl sites for hydroxylation is 1. The SMILES string of the molecule is NC(=O)[C@@H]1CSCCN1C(=O)CSCCCc1ccccc1. The van der Waals surface area contributed by atoms with Crippen molar-refractivity contribution in [3.8, 4) is 0 Å². The maximum Gasteiger partial charge on any atom is 0.241 e. The third-order valence-electron chi connectivity index (χ3n) is 3.60. The van der Waals surface area contributed by atoms with Gasteiger partial charge in [-0.2, -0.15) is 23.5 Å². The molecule has 0 bridgehead atoms. The molecule has 22 heavy (non-hydrogen) atoms. The van der Waals surface area contributed by atoms with Crippen LogP contribution in [0.2, 0.25) is 0 Å². The summed E-state index contributed by atoms with van der Waals surface area (Å²) < 4.78 is 0. The van der Waals surface area contributed by atoms with Crippen LogP contribution in [0.4, 0.5) is 0 Å². The van der Waals surface area contributed by atoms with Crippen LogP contribution in [0.15, 0.2) is 30.3 Å². The van der Waals surface area contributed by atoms with E-state index in [0.717, 1.165) is 24.3 Å². The van der Waals surface area contributed by atoms with Crippen LogP contribution >= 0.6 is 23.5 Å². The molecule has 2 N–H and O–H groups in total. The summed E-state index contributed by atoms with van der Waals surface area (Å²) in [6, 6.07) is 9.92. The Kier molecular flexibility index (Phi) is 7.12. The van der Waals surface area contributed by atoms with Crippen LogP contribution in [0.25, 0.3) is 0 Å². The Morgan fingerprint density at radius 1 is 1.32 bits per heavy atom. The second-order valence-corrected chi connectivity index (χ2v) is 7.48. The van der Waals surface area contributed by atoms with Gasteiger partial charge in [0.1, 0.15) is 6.04 Å². The molecular formula is C16H22N2O2S2. The van der Waals surface area contributed by atoms with Gasteiger partial charge in [-0.1, -0.05) is 30.3 Å². The summed E-state index contributed by atoms with van der Waals surface area (Å²) in [5.74, 6) is 2.53. The Morgan fingerprint density at radius 3 is 2.82 bits per heavy atom. The first-order valence-electron chi connectivity index (χ1n) is 7.46. The first-order chi connectivity index (χ1) is 10.7. The van der Waals surface area contributed by atoms with E-state index >= 15 is 0 Å². The summed E-state index contributed by atoms with van der Waals surface area (Å²) in [5.41, 5.74) is 6.71. The quantitative estimate of drug-likeness (QED) is 0.770. The van der Waals surface area contributed by atoms with Gasteiger partial charge in [0.05, 0.1) is 5.75 Å². The molecule has 1 saturated heterocycles. The highest BCUT2D eigenvalue weighted by Crippen LogP contribution is 2.18. The highest BCUT2D eigenvalue weighted by Gasteiger charge is 2.30. The Bertz CT molecular complexity index is 496. The molecule has 0 aliphatic carbocycles. The number of carbonyl (C=O) groups is 2. The van der Waals surface area contributed by atoms with Gasteiger partial charge < -0.3 is 10.6 Å². The molecule has 1 aromatic carbocycles. The van der Waals surface area contributed by atoms with Crippen molar-refractivity contribution >= 4 is 35.3 Å². The topological polar surface area (TPSA) is 63.4 Å². The molecule has 2 amide bonds. The molecule has 0 unspecified atom stereocenters. The van der Waals surface area contributed by atoms with E-state index in [0.29, 0.717) is 18.1 Å². The van der Waals surface area contributed by atoms with Gasteiger partial charge in [0.2, 0.25) is 11.8 Å². The van der Waals surface area contributed by atoms with Gasteiger partial charge >= 0.3 is 0 Å². The molecule has 1 aliphatic heterocycles. The average molecular weight is 338 g/mol. The predicted octanol–water partition coefficient (Wildman–Crippen LogP) is 1.78. The van der Waals surface area contributed by atoms with E-state index in [1.54, 1.807) is 28.4 Å². The zero-order valence-electron chi connectivity index (χ0n) is 12.6. The number of hydrogen-bond acceptors (Lipinski definition) is 4. The molecule has 1 aromatic rings. The number of amides is 2. The minimum atomic E-state index is -0.434. The van der Waals surface area contributed by atoms with E-state index in [1.807, 2.05) is 18.2 Å². The summed E-state index contributed by atoms with van der Waals surface area (Å²) in [6.07, 6.45) is 2.09. The van der Waals surface area contributed by atoms with Crippen molar-refractivity contribution in [3.05, 3.63) is 35.9 Å². The van der Waals surface area contributed by atoms with Gasteiger partial charge in [-0.3, -0.25) is 9.59 Å². The number of nitrogens with two attached hydrogens (primary N) is 1. The van der Waals surface area contributed by atoms with Crippen molar-refractivity contribution in [2.24, 2.45) is 5.73 Å². The highest BCUT2D eigenvalue weighted by atomic mass is 32.2. The van der Waals surface area contributed by atoms with Crippen molar-refractivity contribution in [1.82, 2.24) is 4.90 Å². The Hall–Kier alpha value is -1.14. The fourth-order valence-corrected chi connectivity index (χ4v) is 4.30. The van der Waals surface area contributed by atoms with Crippen LogP contribution in [0, 0.1) is 0 Å². The fraction of sp³-hybridized carbons (Fsp3) is 0.500. The molecule has 1 atom stereocenters. The Labute approximate surface area is 140 Å². The van der Waals surface area contributed by atoms with Crippen LogP contribution in [0.3, 0.4) is 0 Å². The third-order valence-corrected chi connectivity index (χ3v) is 5.65. The number of rotatable bonds is 7. The van der Waals surface area contributed by atoms with Crippen LogP contribution in [-0.2, 0) is 16.0 Å². The number of thioether (sulfide) groups is 2. The number of hydrogen-bond donors (Lipinski definition) is 1. The first kappa shape index (κ1) is 17.2. The van der Waals surface area contributed by atoms with Gasteiger partial charge in [-0.15, -0.1) is 0 Å². The van der Waals surface area contributed by atoms with Crippen molar-refractivity contribution < 1.29 is 9.59 Å². The number of primary amides is 1. The van der Waals surface area contributed by atoms with E-state index in [4.69, 9.17) is 5.73 Å². The first-order valence-corrected chi connectivity index (χ1v) is 9.77. The molecule has 0 radical (unpaired) electrons. The van der Waals surface area contributed by atoms with E-state index in [2.05, 4.69) is 12.1 Å².